The SMILES string of the molecule is C=C1C(C)=C(C)C(c2cc(CC)c(CN3CCC(COc4ccc5c(c4)C(C)N(C(=C)/C(C)=C/C(C)(C)C)CC5)CC3)c(OC)c2)=CN1C.CC.CC.CC. The molecule has 0 aromatic heterocycles. The van der Waals surface area contributed by atoms with Crippen molar-refractivity contribution in [2.75, 3.05) is 40.4 Å². The van der Waals surface area contributed by atoms with Gasteiger partial charge in [0.2, 0.25) is 0 Å². The van der Waals surface area contributed by atoms with Crippen molar-refractivity contribution in [1.82, 2.24) is 14.7 Å². The van der Waals surface area contributed by atoms with Crippen molar-refractivity contribution in [3.63, 3.8) is 0 Å². The molecule has 55 heavy (non-hydrogen) atoms. The number of likely N-dealkylation sites (tertiary alicyclic amines) is 1. The summed E-state index contributed by atoms with van der Waals surface area (Å²) in [5, 5.41) is 0. The average molecular weight is 754 g/mol. The topological polar surface area (TPSA) is 28.2 Å². The highest BCUT2D eigenvalue weighted by Crippen LogP contribution is 2.39. The number of allylic oxidation sites excluding steroid dienone is 5. The number of methoxy groups -OCH3 is 1. The van der Waals surface area contributed by atoms with E-state index in [-0.39, 0.29) is 11.5 Å². The van der Waals surface area contributed by atoms with E-state index in [1.807, 2.05) is 48.7 Å². The van der Waals surface area contributed by atoms with Crippen LogP contribution in [-0.4, -0.2) is 55.1 Å². The fraction of sp³-hybridized carbons (Fsp3) is 0.560. The third-order valence-corrected chi connectivity index (χ3v) is 11.0. The van der Waals surface area contributed by atoms with Crippen LogP contribution in [0.1, 0.15) is 144 Å². The Morgan fingerprint density at radius 2 is 1.58 bits per heavy atom. The van der Waals surface area contributed by atoms with E-state index in [2.05, 4.69) is 133 Å². The molecule has 0 spiro atoms. The van der Waals surface area contributed by atoms with Gasteiger partial charge in [-0.15, -0.1) is 0 Å². The number of rotatable bonds is 10. The first-order valence-corrected chi connectivity index (χ1v) is 21.4. The summed E-state index contributed by atoms with van der Waals surface area (Å²) in [6.07, 6.45) is 8.83. The molecule has 2 aromatic rings. The fourth-order valence-electron chi connectivity index (χ4n) is 7.84. The smallest absolute Gasteiger partial charge is 0.124 e. The van der Waals surface area contributed by atoms with Gasteiger partial charge in [-0.3, -0.25) is 4.90 Å². The number of fused-ring (bicyclic) bond motifs is 1. The quantitative estimate of drug-likeness (QED) is 0.225. The molecule has 5 heteroatoms. The normalized spacial score (nSPS) is 17.8. The molecule has 1 unspecified atom stereocenters. The van der Waals surface area contributed by atoms with Gasteiger partial charge in [0.1, 0.15) is 11.5 Å². The maximum atomic E-state index is 6.49. The summed E-state index contributed by atoms with van der Waals surface area (Å²) in [5.41, 5.74) is 14.0. The zero-order chi connectivity index (χ0) is 41.6. The van der Waals surface area contributed by atoms with Crippen LogP contribution in [0.3, 0.4) is 0 Å². The van der Waals surface area contributed by atoms with Gasteiger partial charge in [-0.05, 0) is 135 Å². The van der Waals surface area contributed by atoms with Crippen LogP contribution in [0.5, 0.6) is 11.5 Å². The van der Waals surface area contributed by atoms with Gasteiger partial charge in [-0.2, -0.15) is 0 Å². The van der Waals surface area contributed by atoms with E-state index >= 15 is 0 Å². The Morgan fingerprint density at radius 3 is 2.16 bits per heavy atom. The molecule has 3 heterocycles. The molecule has 1 atom stereocenters. The Kier molecular flexibility index (Phi) is 19.1. The summed E-state index contributed by atoms with van der Waals surface area (Å²) < 4.78 is 12.5. The van der Waals surface area contributed by atoms with E-state index in [9.17, 15) is 0 Å². The van der Waals surface area contributed by atoms with Crippen LogP contribution >= 0.6 is 0 Å². The van der Waals surface area contributed by atoms with Crippen molar-refractivity contribution < 1.29 is 9.47 Å². The Bertz CT molecular complexity index is 1640. The van der Waals surface area contributed by atoms with Gasteiger partial charge in [0.25, 0.3) is 0 Å². The Balaban J connectivity index is 0.00000166. The minimum Gasteiger partial charge on any atom is -0.496 e. The van der Waals surface area contributed by atoms with Crippen LogP contribution in [0.4, 0.5) is 0 Å². The van der Waals surface area contributed by atoms with Crippen molar-refractivity contribution in [2.24, 2.45) is 11.3 Å². The van der Waals surface area contributed by atoms with E-state index in [0.717, 1.165) is 81.4 Å². The highest BCUT2D eigenvalue weighted by Gasteiger charge is 2.27. The molecule has 306 valence electrons. The van der Waals surface area contributed by atoms with Crippen LogP contribution in [0, 0.1) is 11.3 Å². The third kappa shape index (κ3) is 12.1. The van der Waals surface area contributed by atoms with Gasteiger partial charge in [0.15, 0.2) is 0 Å². The number of nitrogens with zero attached hydrogens (tertiary/aromatic N) is 3. The molecule has 0 radical (unpaired) electrons. The summed E-state index contributed by atoms with van der Waals surface area (Å²) in [7, 11) is 3.88. The van der Waals surface area contributed by atoms with Gasteiger partial charge in [-0.1, -0.05) is 101 Å². The van der Waals surface area contributed by atoms with Gasteiger partial charge < -0.3 is 19.3 Å². The highest BCUT2D eigenvalue weighted by molar-refractivity contribution is 5.83. The molecule has 3 aliphatic rings. The summed E-state index contributed by atoms with van der Waals surface area (Å²) in [5.74, 6) is 2.54. The lowest BCUT2D eigenvalue weighted by Gasteiger charge is -2.39. The van der Waals surface area contributed by atoms with Gasteiger partial charge in [-0.25, -0.2) is 0 Å². The Labute approximate surface area is 338 Å². The average Bonchev–Trinajstić information content (AvgIpc) is 3.19. The predicted molar refractivity (Wildman–Crippen MR) is 241 cm³/mol. The fourth-order valence-corrected chi connectivity index (χ4v) is 7.84. The highest BCUT2D eigenvalue weighted by atomic mass is 16.5. The minimum absolute atomic E-state index is 0.135. The van der Waals surface area contributed by atoms with E-state index in [0.29, 0.717) is 5.92 Å². The lowest BCUT2D eigenvalue weighted by atomic mass is 9.89. The van der Waals surface area contributed by atoms with E-state index in [1.54, 1.807) is 0 Å². The lowest BCUT2D eigenvalue weighted by molar-refractivity contribution is 0.135. The molecule has 0 amide bonds. The van der Waals surface area contributed by atoms with Crippen LogP contribution in [0.15, 0.2) is 83.9 Å². The first kappa shape index (κ1) is 47.5. The van der Waals surface area contributed by atoms with E-state index in [1.165, 1.54) is 50.1 Å². The molecule has 1 fully saturated rings. The molecule has 0 aliphatic carbocycles. The maximum absolute atomic E-state index is 6.49. The molecule has 0 bridgehead atoms. The van der Waals surface area contributed by atoms with Gasteiger partial charge in [0, 0.05) is 48.9 Å². The lowest BCUT2D eigenvalue weighted by Crippen LogP contribution is -2.35. The summed E-state index contributed by atoms with van der Waals surface area (Å²) in [4.78, 5) is 7.19. The monoisotopic (exact) mass is 754 g/mol. The number of piperidine rings is 1. The number of hydrogen-bond acceptors (Lipinski definition) is 5. The Hall–Kier alpha value is -3.70. The van der Waals surface area contributed by atoms with Crippen molar-refractivity contribution in [1.29, 1.82) is 0 Å². The molecule has 1 saturated heterocycles. The van der Waals surface area contributed by atoms with Crippen molar-refractivity contribution >= 4 is 5.57 Å². The van der Waals surface area contributed by atoms with Crippen LogP contribution in [0.25, 0.3) is 5.57 Å². The number of aryl methyl sites for hydroxylation is 1. The Morgan fingerprint density at radius 1 is 0.945 bits per heavy atom. The van der Waals surface area contributed by atoms with Crippen LogP contribution in [-0.2, 0) is 19.4 Å². The van der Waals surface area contributed by atoms with Crippen LogP contribution in [0.2, 0.25) is 0 Å². The second kappa shape index (κ2) is 22.1. The van der Waals surface area contributed by atoms with Crippen molar-refractivity contribution in [3.8, 4) is 11.5 Å². The van der Waals surface area contributed by atoms with Crippen molar-refractivity contribution in [3.05, 3.63) is 112 Å². The molecule has 5 nitrogen and oxygen atoms in total. The number of likely N-dealkylation sites (N-methyl/N-ethyl adjacent to an activating group) is 1. The summed E-state index contributed by atoms with van der Waals surface area (Å²) in [6, 6.07) is 11.6. The zero-order valence-electron chi connectivity index (χ0n) is 38.1. The second-order valence-electron chi connectivity index (χ2n) is 15.7. The second-order valence-corrected chi connectivity index (χ2v) is 15.7. The maximum Gasteiger partial charge on any atom is 0.124 e. The third-order valence-electron chi connectivity index (χ3n) is 11.0. The summed E-state index contributed by atoms with van der Waals surface area (Å²) >= 11 is 0. The van der Waals surface area contributed by atoms with Crippen LogP contribution < -0.4 is 9.47 Å². The molecule has 3 aliphatic heterocycles. The van der Waals surface area contributed by atoms with Gasteiger partial charge in [0.05, 0.1) is 19.8 Å². The van der Waals surface area contributed by atoms with Crippen molar-refractivity contribution in [2.45, 2.75) is 135 Å². The first-order valence-electron chi connectivity index (χ1n) is 21.4. The minimum atomic E-state index is 0.135. The van der Waals surface area contributed by atoms with E-state index < -0.39 is 0 Å². The standard InChI is InChI=1S/C44H61N3O2.3C2H6/c1-13-36-22-38(41-26-45(11)33(6)30(3)31(41)4)23-43(48-12)42(36)27-46-19-16-35(17-20-46)28-49-39-15-14-37-18-21-47(34(7)40(37)24-39)32(5)29(2)25-44(8,9)10;3*1-2/h14-15,22-26,34-35H,5-6,13,16-21,27-28H2,1-4,7-12H3;3*1-2H3/b29-25+;;;. The number of ether oxygens (including phenoxy) is 2. The molecule has 0 N–H and O–H groups in total. The van der Waals surface area contributed by atoms with Gasteiger partial charge >= 0.3 is 0 Å². The molecule has 0 saturated carbocycles. The molecule has 5 rings (SSSR count). The summed E-state index contributed by atoms with van der Waals surface area (Å²) in [6.45, 7) is 43.4. The largest absolute Gasteiger partial charge is 0.496 e. The van der Waals surface area contributed by atoms with E-state index in [4.69, 9.17) is 9.47 Å². The number of hydrogen-bond donors (Lipinski definition) is 0. The molecular formula is C50H79N3O2. The number of benzene rings is 2. The molecular weight excluding hydrogens is 675 g/mol. The molecule has 2 aromatic carbocycles. The predicted octanol–water partition coefficient (Wildman–Crippen LogP) is 13.2. The zero-order valence-corrected chi connectivity index (χ0v) is 38.1. The first-order chi connectivity index (χ1) is 26.2.